The second-order valence-corrected chi connectivity index (χ2v) is 4.57. The largest absolute Gasteiger partial charge is 0.374 e. The van der Waals surface area contributed by atoms with Crippen LogP contribution in [0.2, 0.25) is 0 Å². The number of nitrogens with zero attached hydrogens (tertiary/aromatic N) is 1. The molecule has 0 aromatic heterocycles. The van der Waals surface area contributed by atoms with Gasteiger partial charge in [-0.05, 0) is 24.6 Å². The van der Waals surface area contributed by atoms with Crippen LogP contribution >= 0.6 is 0 Å². The molecule has 3 nitrogen and oxygen atoms in total. The Morgan fingerprint density at radius 2 is 2.22 bits per heavy atom. The first-order valence-electron chi connectivity index (χ1n) is 6.12. The number of ether oxygens (including phenoxy) is 1. The molecule has 1 aliphatic heterocycles. The fraction of sp³-hybridized carbons (Fsp3) is 0.538. The summed E-state index contributed by atoms with van der Waals surface area (Å²) in [4.78, 5) is 2.17. The van der Waals surface area contributed by atoms with E-state index in [9.17, 15) is 8.78 Å². The predicted molar refractivity (Wildman–Crippen MR) is 65.1 cm³/mol. The van der Waals surface area contributed by atoms with E-state index in [0.717, 1.165) is 18.7 Å². The van der Waals surface area contributed by atoms with E-state index in [-0.39, 0.29) is 12.1 Å². The summed E-state index contributed by atoms with van der Waals surface area (Å²) in [6.45, 7) is 4.57. The second-order valence-electron chi connectivity index (χ2n) is 4.57. The summed E-state index contributed by atoms with van der Waals surface area (Å²) in [5.74, 6) is -1.62. The molecule has 0 aliphatic carbocycles. The third-order valence-corrected chi connectivity index (χ3v) is 3.41. The van der Waals surface area contributed by atoms with Gasteiger partial charge >= 0.3 is 0 Å². The molecular weight excluding hydrogens is 238 g/mol. The normalized spacial score (nSPS) is 23.0. The Kier molecular flexibility index (Phi) is 4.27. The average molecular weight is 256 g/mol. The highest BCUT2D eigenvalue weighted by Gasteiger charge is 2.24. The first-order valence-corrected chi connectivity index (χ1v) is 6.12. The van der Waals surface area contributed by atoms with E-state index in [1.807, 2.05) is 6.92 Å². The summed E-state index contributed by atoms with van der Waals surface area (Å²) in [7, 11) is 0. The Hall–Kier alpha value is -1.04. The van der Waals surface area contributed by atoms with E-state index >= 15 is 0 Å². The molecule has 0 radical (unpaired) electrons. The van der Waals surface area contributed by atoms with Crippen LogP contribution in [0.3, 0.4) is 0 Å². The molecule has 2 rings (SSSR count). The zero-order valence-corrected chi connectivity index (χ0v) is 10.4. The minimum absolute atomic E-state index is 0.0199. The number of hydrogen-bond donors (Lipinski definition) is 1. The summed E-state index contributed by atoms with van der Waals surface area (Å²) in [6.07, 6.45) is 0.0199. The number of hydrogen-bond acceptors (Lipinski definition) is 3. The molecule has 100 valence electrons. The minimum Gasteiger partial charge on any atom is -0.374 e. The molecule has 0 amide bonds. The van der Waals surface area contributed by atoms with Crippen molar-refractivity contribution >= 4 is 0 Å². The summed E-state index contributed by atoms with van der Waals surface area (Å²) in [6, 6.07) is 4.07. The Labute approximate surface area is 106 Å². The molecule has 1 aliphatic rings. The zero-order chi connectivity index (χ0) is 13.1. The van der Waals surface area contributed by atoms with Gasteiger partial charge in [-0.3, -0.25) is 4.90 Å². The molecule has 1 fully saturated rings. The van der Waals surface area contributed by atoms with Crippen molar-refractivity contribution in [2.45, 2.75) is 19.1 Å². The van der Waals surface area contributed by atoms with Crippen molar-refractivity contribution < 1.29 is 13.5 Å². The number of rotatable bonds is 3. The van der Waals surface area contributed by atoms with E-state index in [1.165, 1.54) is 12.1 Å². The Morgan fingerprint density at radius 1 is 1.44 bits per heavy atom. The van der Waals surface area contributed by atoms with Crippen LogP contribution in [0, 0.1) is 11.6 Å². The molecule has 0 spiro atoms. The van der Waals surface area contributed by atoms with Gasteiger partial charge in [0.05, 0.1) is 12.7 Å². The van der Waals surface area contributed by atoms with Crippen LogP contribution < -0.4 is 5.73 Å². The molecule has 1 saturated heterocycles. The highest BCUT2D eigenvalue weighted by atomic mass is 19.2. The van der Waals surface area contributed by atoms with Gasteiger partial charge in [0.15, 0.2) is 11.6 Å². The standard InChI is InChI=1S/C13H18F2N2O/c1-9(10-2-3-12(14)13(15)6-10)17-4-5-18-11(7-16)8-17/h2-3,6,9,11H,4-5,7-8,16H2,1H3/t9?,11-/m0/s1. The van der Waals surface area contributed by atoms with Gasteiger partial charge < -0.3 is 10.5 Å². The van der Waals surface area contributed by atoms with Crippen molar-refractivity contribution in [3.63, 3.8) is 0 Å². The molecule has 0 bridgehead atoms. The lowest BCUT2D eigenvalue weighted by molar-refractivity contribution is -0.0364. The molecule has 1 heterocycles. The number of halogens is 2. The van der Waals surface area contributed by atoms with E-state index in [4.69, 9.17) is 10.5 Å². The molecule has 2 N–H and O–H groups in total. The lowest BCUT2D eigenvalue weighted by atomic mass is 10.1. The van der Waals surface area contributed by atoms with Crippen molar-refractivity contribution in [3.05, 3.63) is 35.4 Å². The smallest absolute Gasteiger partial charge is 0.159 e. The van der Waals surface area contributed by atoms with Gasteiger partial charge in [0, 0.05) is 25.7 Å². The maximum absolute atomic E-state index is 13.2. The van der Waals surface area contributed by atoms with E-state index < -0.39 is 11.6 Å². The summed E-state index contributed by atoms with van der Waals surface area (Å²) in [5.41, 5.74) is 6.36. The maximum Gasteiger partial charge on any atom is 0.159 e. The SMILES string of the molecule is CC(c1ccc(F)c(F)c1)N1CCO[C@@H](CN)C1. The first kappa shape index (κ1) is 13.4. The Morgan fingerprint density at radius 3 is 2.89 bits per heavy atom. The van der Waals surface area contributed by atoms with E-state index in [1.54, 1.807) is 6.07 Å². The van der Waals surface area contributed by atoms with Gasteiger partial charge in [-0.2, -0.15) is 0 Å². The van der Waals surface area contributed by atoms with Gasteiger partial charge in [-0.25, -0.2) is 8.78 Å². The fourth-order valence-electron chi connectivity index (χ4n) is 2.22. The minimum atomic E-state index is -0.812. The molecule has 5 heteroatoms. The zero-order valence-electron chi connectivity index (χ0n) is 10.4. The van der Waals surface area contributed by atoms with Crippen molar-refractivity contribution in [2.24, 2.45) is 5.73 Å². The van der Waals surface area contributed by atoms with Crippen LogP contribution in [0.15, 0.2) is 18.2 Å². The molecule has 2 atom stereocenters. The van der Waals surface area contributed by atoms with Crippen LogP contribution in [0.25, 0.3) is 0 Å². The molecule has 0 saturated carbocycles. The van der Waals surface area contributed by atoms with Gasteiger partial charge in [0.25, 0.3) is 0 Å². The summed E-state index contributed by atoms with van der Waals surface area (Å²) < 4.78 is 31.6. The van der Waals surface area contributed by atoms with E-state index in [0.29, 0.717) is 13.2 Å². The summed E-state index contributed by atoms with van der Waals surface area (Å²) >= 11 is 0. The van der Waals surface area contributed by atoms with E-state index in [2.05, 4.69) is 4.90 Å². The van der Waals surface area contributed by atoms with Crippen LogP contribution in [0.4, 0.5) is 8.78 Å². The lowest BCUT2D eigenvalue weighted by Crippen LogP contribution is -2.46. The van der Waals surface area contributed by atoms with Crippen LogP contribution in [0.1, 0.15) is 18.5 Å². The van der Waals surface area contributed by atoms with Crippen LogP contribution in [-0.4, -0.2) is 37.2 Å². The number of morpholine rings is 1. The predicted octanol–water partition coefficient (Wildman–Crippen LogP) is 1.69. The van der Waals surface area contributed by atoms with Gasteiger partial charge in [-0.1, -0.05) is 6.07 Å². The van der Waals surface area contributed by atoms with Gasteiger partial charge in [0.2, 0.25) is 0 Å². The number of benzene rings is 1. The van der Waals surface area contributed by atoms with Crippen molar-refractivity contribution in [1.29, 1.82) is 0 Å². The van der Waals surface area contributed by atoms with Crippen molar-refractivity contribution in [3.8, 4) is 0 Å². The monoisotopic (exact) mass is 256 g/mol. The third-order valence-electron chi connectivity index (χ3n) is 3.41. The fourth-order valence-corrected chi connectivity index (χ4v) is 2.22. The lowest BCUT2D eigenvalue weighted by Gasteiger charge is -2.36. The molecule has 18 heavy (non-hydrogen) atoms. The Bertz CT molecular complexity index is 414. The molecule has 1 aromatic rings. The van der Waals surface area contributed by atoms with Crippen molar-refractivity contribution in [1.82, 2.24) is 4.90 Å². The van der Waals surface area contributed by atoms with Gasteiger partial charge in [0.1, 0.15) is 0 Å². The maximum atomic E-state index is 13.2. The van der Waals surface area contributed by atoms with Crippen molar-refractivity contribution in [2.75, 3.05) is 26.2 Å². The molecule has 1 aromatic carbocycles. The highest BCUT2D eigenvalue weighted by molar-refractivity contribution is 5.21. The molecular formula is C13H18F2N2O. The topological polar surface area (TPSA) is 38.5 Å². The third kappa shape index (κ3) is 2.85. The summed E-state index contributed by atoms with van der Waals surface area (Å²) in [5, 5.41) is 0. The second kappa shape index (κ2) is 5.73. The average Bonchev–Trinajstić information content (AvgIpc) is 2.41. The number of nitrogens with two attached hydrogens (primary N) is 1. The molecule has 1 unspecified atom stereocenters. The first-order chi connectivity index (χ1) is 8.61. The quantitative estimate of drug-likeness (QED) is 0.894. The Balaban J connectivity index is 2.10. The van der Waals surface area contributed by atoms with Crippen LogP contribution in [-0.2, 0) is 4.74 Å². The van der Waals surface area contributed by atoms with Gasteiger partial charge in [-0.15, -0.1) is 0 Å². The van der Waals surface area contributed by atoms with Crippen LogP contribution in [0.5, 0.6) is 0 Å². The highest BCUT2D eigenvalue weighted by Crippen LogP contribution is 2.23.